The van der Waals surface area contributed by atoms with Crippen molar-refractivity contribution in [2.75, 3.05) is 13.2 Å². The highest BCUT2D eigenvalue weighted by molar-refractivity contribution is 7.89. The smallest absolute Gasteiger partial charge is 0.239 e. The lowest BCUT2D eigenvalue weighted by atomic mass is 9.98. The van der Waals surface area contributed by atoms with E-state index in [4.69, 9.17) is 21.1 Å². The fourth-order valence-corrected chi connectivity index (χ4v) is 6.40. The van der Waals surface area contributed by atoms with Crippen LogP contribution in [0.4, 0.5) is 0 Å². The summed E-state index contributed by atoms with van der Waals surface area (Å²) in [5.74, 6) is -0.330. The second-order valence-corrected chi connectivity index (χ2v) is 11.9. The lowest BCUT2D eigenvalue weighted by Gasteiger charge is -2.13. The van der Waals surface area contributed by atoms with Crippen molar-refractivity contribution in [2.24, 2.45) is 0 Å². The Balaban J connectivity index is 1.50. The number of aromatic amines is 1. The van der Waals surface area contributed by atoms with E-state index in [1.54, 1.807) is 54.7 Å². The zero-order valence-corrected chi connectivity index (χ0v) is 24.9. The van der Waals surface area contributed by atoms with Gasteiger partial charge in [-0.15, -0.1) is 0 Å². The maximum atomic E-state index is 12.8. The number of benzene rings is 3. The standard InChI is InChI=1S/C31H30ClN3O6S/c1-4-40-30-22-10-8-14-33-27(22)26-25(29(30)37)28(34-31(26)41-5-2)21-13-12-19(15-18(21)3)17-42(38,39)35-24(36)16-20-9-6-7-11-23(20)32/h6-15,34,37H,4-5,16-17H2,1-3H3,(H,35,36). The molecule has 3 aromatic carbocycles. The minimum Gasteiger partial charge on any atom is -0.504 e. The highest BCUT2D eigenvalue weighted by Gasteiger charge is 2.26. The highest BCUT2D eigenvalue weighted by Crippen LogP contribution is 2.49. The number of sulfonamides is 1. The molecule has 11 heteroatoms. The van der Waals surface area contributed by atoms with Gasteiger partial charge in [0.05, 0.1) is 47.4 Å². The summed E-state index contributed by atoms with van der Waals surface area (Å²) < 4.78 is 39.6. The summed E-state index contributed by atoms with van der Waals surface area (Å²) in [6, 6.07) is 15.6. The van der Waals surface area contributed by atoms with Crippen LogP contribution in [0, 0.1) is 6.92 Å². The number of aryl methyl sites for hydroxylation is 1. The number of carbonyl (C=O) groups is 1. The van der Waals surface area contributed by atoms with E-state index in [2.05, 4.69) is 14.7 Å². The molecule has 0 aliphatic carbocycles. The van der Waals surface area contributed by atoms with Gasteiger partial charge in [0.15, 0.2) is 11.5 Å². The van der Waals surface area contributed by atoms with Crippen molar-refractivity contribution in [3.8, 4) is 28.6 Å². The van der Waals surface area contributed by atoms with E-state index in [0.717, 1.165) is 11.1 Å². The number of aromatic nitrogens is 2. The number of pyridine rings is 1. The maximum absolute atomic E-state index is 12.8. The van der Waals surface area contributed by atoms with Crippen molar-refractivity contribution >= 4 is 49.2 Å². The van der Waals surface area contributed by atoms with E-state index < -0.39 is 21.7 Å². The predicted octanol–water partition coefficient (Wildman–Crippen LogP) is 6.04. The Hall–Kier alpha value is -4.28. The molecular formula is C31H30ClN3O6S. The number of hydrogen-bond donors (Lipinski definition) is 3. The lowest BCUT2D eigenvalue weighted by Crippen LogP contribution is -2.32. The monoisotopic (exact) mass is 607 g/mol. The van der Waals surface area contributed by atoms with E-state index in [-0.39, 0.29) is 12.2 Å². The molecule has 0 radical (unpaired) electrons. The average Bonchev–Trinajstić information content (AvgIpc) is 3.31. The van der Waals surface area contributed by atoms with Gasteiger partial charge in [0.2, 0.25) is 21.8 Å². The average molecular weight is 608 g/mol. The van der Waals surface area contributed by atoms with E-state index in [9.17, 15) is 18.3 Å². The molecule has 0 unspecified atom stereocenters. The van der Waals surface area contributed by atoms with E-state index >= 15 is 0 Å². The van der Waals surface area contributed by atoms with Crippen LogP contribution < -0.4 is 14.2 Å². The van der Waals surface area contributed by atoms with Gasteiger partial charge in [-0.3, -0.25) is 14.5 Å². The number of amides is 1. The van der Waals surface area contributed by atoms with Gasteiger partial charge in [0.25, 0.3) is 0 Å². The molecule has 1 amide bonds. The third-order valence-electron chi connectivity index (χ3n) is 6.78. The lowest BCUT2D eigenvalue weighted by molar-refractivity contribution is -0.118. The second kappa shape index (κ2) is 11.9. The van der Waals surface area contributed by atoms with Crippen LogP contribution in [0.1, 0.15) is 30.5 Å². The van der Waals surface area contributed by atoms with Crippen molar-refractivity contribution < 1.29 is 27.8 Å². The van der Waals surface area contributed by atoms with Crippen LogP contribution in [-0.2, 0) is 27.0 Å². The molecule has 0 aliphatic rings. The first kappa shape index (κ1) is 29.2. The summed E-state index contributed by atoms with van der Waals surface area (Å²) in [5, 5.41) is 13.6. The van der Waals surface area contributed by atoms with Gasteiger partial charge in [0, 0.05) is 22.2 Å². The fraction of sp³-hybridized carbons (Fsp3) is 0.226. The summed E-state index contributed by atoms with van der Waals surface area (Å²) in [4.78, 5) is 20.3. The summed E-state index contributed by atoms with van der Waals surface area (Å²) in [6.07, 6.45) is 1.51. The number of aromatic hydroxyl groups is 1. The van der Waals surface area contributed by atoms with Crippen LogP contribution in [-0.4, -0.2) is 42.6 Å². The van der Waals surface area contributed by atoms with E-state index in [0.29, 0.717) is 68.4 Å². The number of nitrogens with zero attached hydrogens (tertiary/aromatic N) is 1. The molecule has 0 spiro atoms. The van der Waals surface area contributed by atoms with Gasteiger partial charge in [-0.2, -0.15) is 0 Å². The SMILES string of the molecule is CCOc1c(O)c2c(-c3ccc(CS(=O)(=O)NC(=O)Cc4ccccc4Cl)cc3C)[nH]c(OCC)c2c2ncccc12. The van der Waals surface area contributed by atoms with Gasteiger partial charge < -0.3 is 19.6 Å². The van der Waals surface area contributed by atoms with E-state index in [1.807, 2.05) is 26.8 Å². The molecule has 0 atom stereocenters. The molecule has 218 valence electrons. The molecular weight excluding hydrogens is 578 g/mol. The molecule has 5 aromatic rings. The van der Waals surface area contributed by atoms with Gasteiger partial charge in [-0.25, -0.2) is 8.42 Å². The number of ether oxygens (including phenoxy) is 2. The molecule has 9 nitrogen and oxygen atoms in total. The number of halogens is 1. The Kier molecular flexibility index (Phi) is 8.29. The van der Waals surface area contributed by atoms with Gasteiger partial charge in [0.1, 0.15) is 0 Å². The van der Waals surface area contributed by atoms with Crippen molar-refractivity contribution in [1.29, 1.82) is 0 Å². The summed E-state index contributed by atoms with van der Waals surface area (Å²) in [5.41, 5.74) is 3.70. The molecule has 42 heavy (non-hydrogen) atoms. The normalized spacial score (nSPS) is 11.6. The number of nitrogens with one attached hydrogen (secondary N) is 2. The summed E-state index contributed by atoms with van der Waals surface area (Å²) in [7, 11) is -3.98. The summed E-state index contributed by atoms with van der Waals surface area (Å²) >= 11 is 6.10. The first-order valence-electron chi connectivity index (χ1n) is 13.4. The van der Waals surface area contributed by atoms with Gasteiger partial charge >= 0.3 is 0 Å². The summed E-state index contributed by atoms with van der Waals surface area (Å²) in [6.45, 7) is 6.28. The minimum atomic E-state index is -3.98. The molecule has 0 fully saturated rings. The zero-order chi connectivity index (χ0) is 30.0. The first-order chi connectivity index (χ1) is 20.1. The molecule has 0 saturated carbocycles. The number of carbonyl (C=O) groups excluding carboxylic acids is 1. The maximum Gasteiger partial charge on any atom is 0.239 e. The van der Waals surface area contributed by atoms with E-state index in [1.165, 1.54) is 0 Å². The molecule has 0 bridgehead atoms. The van der Waals surface area contributed by atoms with Gasteiger partial charge in [-0.1, -0.05) is 48.0 Å². The largest absolute Gasteiger partial charge is 0.504 e. The van der Waals surface area contributed by atoms with Crippen LogP contribution in [0.15, 0.2) is 60.8 Å². The number of H-pyrrole nitrogens is 1. The molecule has 2 heterocycles. The fourth-order valence-electron chi connectivity index (χ4n) is 5.09. The van der Waals surface area contributed by atoms with Crippen LogP contribution in [0.25, 0.3) is 32.9 Å². The highest BCUT2D eigenvalue weighted by atomic mass is 35.5. The van der Waals surface area contributed by atoms with Crippen molar-refractivity contribution in [2.45, 2.75) is 32.9 Å². The molecule has 3 N–H and O–H groups in total. The predicted molar refractivity (Wildman–Crippen MR) is 164 cm³/mol. The number of phenols is 1. The Labute approximate surface area is 248 Å². The third kappa shape index (κ3) is 5.73. The Morgan fingerprint density at radius 1 is 1.05 bits per heavy atom. The molecule has 0 saturated heterocycles. The molecule has 2 aromatic heterocycles. The van der Waals surface area contributed by atoms with Crippen molar-refractivity contribution in [3.63, 3.8) is 0 Å². The second-order valence-electron chi connectivity index (χ2n) is 9.72. The van der Waals surface area contributed by atoms with Crippen molar-refractivity contribution in [1.82, 2.24) is 14.7 Å². The van der Waals surface area contributed by atoms with Crippen LogP contribution in [0.5, 0.6) is 17.4 Å². The quantitative estimate of drug-likeness (QED) is 0.176. The van der Waals surface area contributed by atoms with Crippen LogP contribution >= 0.6 is 11.6 Å². The van der Waals surface area contributed by atoms with Crippen LogP contribution in [0.3, 0.4) is 0 Å². The minimum absolute atomic E-state index is 0.0446. The Bertz CT molecular complexity index is 1920. The first-order valence-corrected chi connectivity index (χ1v) is 15.4. The number of rotatable bonds is 10. The number of phenolic OH excluding ortho intramolecular Hbond substituents is 1. The Morgan fingerprint density at radius 2 is 1.81 bits per heavy atom. The van der Waals surface area contributed by atoms with Crippen LogP contribution in [0.2, 0.25) is 5.02 Å². The Morgan fingerprint density at radius 3 is 2.52 bits per heavy atom. The molecule has 5 rings (SSSR count). The van der Waals surface area contributed by atoms with Crippen molar-refractivity contribution in [3.05, 3.63) is 82.5 Å². The zero-order valence-electron chi connectivity index (χ0n) is 23.3. The van der Waals surface area contributed by atoms with Gasteiger partial charge in [-0.05, 0) is 55.7 Å². The molecule has 0 aliphatic heterocycles. The topological polar surface area (TPSA) is 131 Å². The third-order valence-corrected chi connectivity index (χ3v) is 8.40. The number of fused-ring (bicyclic) bond motifs is 3. The number of hydrogen-bond acceptors (Lipinski definition) is 7.